The van der Waals surface area contributed by atoms with E-state index in [0.29, 0.717) is 26.3 Å². The Balaban J connectivity index is 1.35. The van der Waals surface area contributed by atoms with Crippen LogP contribution in [0.15, 0.2) is 78.9 Å². The van der Waals surface area contributed by atoms with Crippen molar-refractivity contribution in [3.63, 3.8) is 0 Å². The Kier molecular flexibility index (Phi) is 8.98. The standard InChI is InChI=1S/C30H34N2O3S/c1-4-34-30(33)22-31(20-25-8-6-5-7-9-25)21-26-12-14-27(15-13-26)35-19-18-32-23(2)10-16-28(32)29-17-11-24(3)36-29/h5-17H,4,18-22H2,1-3H3. The van der Waals surface area contributed by atoms with Gasteiger partial charge in [0.05, 0.1) is 30.3 Å². The summed E-state index contributed by atoms with van der Waals surface area (Å²) in [7, 11) is 0. The van der Waals surface area contributed by atoms with Crippen molar-refractivity contribution in [2.24, 2.45) is 0 Å². The molecule has 0 aliphatic carbocycles. The number of rotatable bonds is 12. The van der Waals surface area contributed by atoms with E-state index in [4.69, 9.17) is 9.47 Å². The first-order chi connectivity index (χ1) is 17.5. The fourth-order valence-corrected chi connectivity index (χ4v) is 5.16. The molecule has 0 N–H and O–H groups in total. The molecule has 0 saturated carbocycles. The molecule has 5 nitrogen and oxygen atoms in total. The van der Waals surface area contributed by atoms with E-state index in [1.807, 2.05) is 48.6 Å². The summed E-state index contributed by atoms with van der Waals surface area (Å²) in [5.41, 5.74) is 4.76. The smallest absolute Gasteiger partial charge is 0.320 e. The van der Waals surface area contributed by atoms with Crippen LogP contribution < -0.4 is 4.74 Å². The second-order valence-corrected chi connectivity index (χ2v) is 10.1. The molecule has 0 aliphatic rings. The van der Waals surface area contributed by atoms with Gasteiger partial charge in [0.25, 0.3) is 0 Å². The summed E-state index contributed by atoms with van der Waals surface area (Å²) >= 11 is 1.82. The second-order valence-electron chi connectivity index (χ2n) is 8.85. The van der Waals surface area contributed by atoms with Crippen molar-refractivity contribution in [2.45, 2.75) is 40.4 Å². The number of hydrogen-bond acceptors (Lipinski definition) is 5. The lowest BCUT2D eigenvalue weighted by atomic mass is 10.1. The van der Waals surface area contributed by atoms with Gasteiger partial charge in [0.1, 0.15) is 12.4 Å². The van der Waals surface area contributed by atoms with Crippen molar-refractivity contribution in [1.29, 1.82) is 0 Å². The van der Waals surface area contributed by atoms with Crippen molar-refractivity contribution in [3.8, 4) is 16.3 Å². The minimum absolute atomic E-state index is 0.203. The predicted molar refractivity (Wildman–Crippen MR) is 146 cm³/mol. The molecular formula is C30H34N2O3S. The van der Waals surface area contributed by atoms with Crippen LogP contribution in [0.2, 0.25) is 0 Å². The molecule has 0 unspecified atom stereocenters. The van der Waals surface area contributed by atoms with E-state index in [0.717, 1.165) is 17.9 Å². The zero-order valence-electron chi connectivity index (χ0n) is 21.3. The average molecular weight is 503 g/mol. The maximum atomic E-state index is 12.2. The molecule has 0 saturated heterocycles. The van der Waals surface area contributed by atoms with Gasteiger partial charge in [0.2, 0.25) is 0 Å². The van der Waals surface area contributed by atoms with Crippen LogP contribution in [0.4, 0.5) is 0 Å². The largest absolute Gasteiger partial charge is 0.492 e. The maximum absolute atomic E-state index is 12.2. The number of carbonyl (C=O) groups excluding carboxylic acids is 1. The van der Waals surface area contributed by atoms with E-state index >= 15 is 0 Å². The highest BCUT2D eigenvalue weighted by molar-refractivity contribution is 7.15. The Bertz CT molecular complexity index is 1240. The Labute approximate surface area is 217 Å². The molecule has 0 atom stereocenters. The summed E-state index contributed by atoms with van der Waals surface area (Å²) in [5, 5.41) is 0. The molecule has 36 heavy (non-hydrogen) atoms. The molecule has 0 fully saturated rings. The topological polar surface area (TPSA) is 43.7 Å². The summed E-state index contributed by atoms with van der Waals surface area (Å²) in [6.45, 7) is 9.46. The molecule has 0 bridgehead atoms. The molecule has 4 aromatic rings. The van der Waals surface area contributed by atoms with Gasteiger partial charge in [-0.05, 0) is 68.3 Å². The number of thiophene rings is 1. The normalized spacial score (nSPS) is 11.1. The van der Waals surface area contributed by atoms with Crippen molar-refractivity contribution >= 4 is 17.3 Å². The lowest BCUT2D eigenvalue weighted by molar-refractivity contribution is -0.144. The summed E-state index contributed by atoms with van der Waals surface area (Å²) in [5.74, 6) is 0.642. The molecule has 0 radical (unpaired) electrons. The first kappa shape index (κ1) is 25.7. The molecular weight excluding hydrogens is 468 g/mol. The van der Waals surface area contributed by atoms with Gasteiger partial charge in [-0.15, -0.1) is 11.3 Å². The Hall–Kier alpha value is -3.35. The van der Waals surface area contributed by atoms with Gasteiger partial charge in [-0.25, -0.2) is 0 Å². The van der Waals surface area contributed by atoms with Crippen LogP contribution in [-0.4, -0.2) is 35.2 Å². The number of carbonyl (C=O) groups is 1. The zero-order valence-corrected chi connectivity index (χ0v) is 22.1. The third kappa shape index (κ3) is 7.09. The minimum atomic E-state index is -0.203. The van der Waals surface area contributed by atoms with E-state index in [9.17, 15) is 4.79 Å². The third-order valence-corrected chi connectivity index (χ3v) is 7.04. The van der Waals surface area contributed by atoms with E-state index in [-0.39, 0.29) is 12.5 Å². The van der Waals surface area contributed by atoms with Crippen LogP contribution in [0.1, 0.15) is 28.6 Å². The summed E-state index contributed by atoms with van der Waals surface area (Å²) in [6.07, 6.45) is 0. The first-order valence-electron chi connectivity index (χ1n) is 12.4. The number of ether oxygens (including phenoxy) is 2. The van der Waals surface area contributed by atoms with E-state index in [1.54, 1.807) is 0 Å². The van der Waals surface area contributed by atoms with Gasteiger partial charge in [0, 0.05) is 23.7 Å². The maximum Gasteiger partial charge on any atom is 0.320 e. The molecule has 0 amide bonds. The van der Waals surface area contributed by atoms with E-state index < -0.39 is 0 Å². The van der Waals surface area contributed by atoms with Crippen LogP contribution >= 0.6 is 11.3 Å². The highest BCUT2D eigenvalue weighted by atomic mass is 32.1. The molecule has 188 valence electrons. The number of nitrogens with zero attached hydrogens (tertiary/aromatic N) is 2. The van der Waals surface area contributed by atoms with Crippen molar-refractivity contribution in [3.05, 3.63) is 101 Å². The lowest BCUT2D eigenvalue weighted by Gasteiger charge is -2.21. The first-order valence-corrected chi connectivity index (χ1v) is 13.2. The van der Waals surface area contributed by atoms with Gasteiger partial charge in [-0.1, -0.05) is 42.5 Å². The average Bonchev–Trinajstić information content (AvgIpc) is 3.46. The Morgan fingerprint density at radius 2 is 1.61 bits per heavy atom. The van der Waals surface area contributed by atoms with Crippen molar-refractivity contribution in [1.82, 2.24) is 9.47 Å². The molecule has 6 heteroatoms. The fourth-order valence-electron chi connectivity index (χ4n) is 4.26. The number of aromatic nitrogens is 1. The second kappa shape index (κ2) is 12.6. The summed E-state index contributed by atoms with van der Waals surface area (Å²) < 4.78 is 13.6. The Morgan fingerprint density at radius 1 is 0.889 bits per heavy atom. The van der Waals surface area contributed by atoms with Gasteiger partial charge < -0.3 is 14.0 Å². The van der Waals surface area contributed by atoms with E-state index in [2.05, 4.69) is 71.8 Å². The predicted octanol–water partition coefficient (Wildman–Crippen LogP) is 6.48. The van der Waals surface area contributed by atoms with Gasteiger partial charge in [0.15, 0.2) is 0 Å². The summed E-state index contributed by atoms with van der Waals surface area (Å²) in [6, 6.07) is 27.0. The number of hydrogen-bond donors (Lipinski definition) is 0. The molecule has 2 aromatic carbocycles. The molecule has 2 aromatic heterocycles. The SMILES string of the molecule is CCOC(=O)CN(Cc1ccccc1)Cc1ccc(OCCn2c(C)ccc2-c2ccc(C)s2)cc1. The molecule has 0 aliphatic heterocycles. The molecule has 0 spiro atoms. The van der Waals surface area contributed by atoms with Gasteiger partial charge in [-0.3, -0.25) is 9.69 Å². The number of esters is 1. The van der Waals surface area contributed by atoms with Crippen LogP contribution in [0.3, 0.4) is 0 Å². The highest BCUT2D eigenvalue weighted by Crippen LogP contribution is 2.29. The van der Waals surface area contributed by atoms with Crippen LogP contribution in [-0.2, 0) is 29.2 Å². The number of aryl methyl sites for hydroxylation is 2. The Morgan fingerprint density at radius 3 is 2.28 bits per heavy atom. The zero-order chi connectivity index (χ0) is 25.3. The van der Waals surface area contributed by atoms with Crippen LogP contribution in [0, 0.1) is 13.8 Å². The fraction of sp³-hybridized carbons (Fsp3) is 0.300. The molecule has 2 heterocycles. The molecule has 4 rings (SSSR count). The lowest BCUT2D eigenvalue weighted by Crippen LogP contribution is -2.30. The third-order valence-electron chi connectivity index (χ3n) is 6.01. The van der Waals surface area contributed by atoms with Crippen LogP contribution in [0.5, 0.6) is 5.75 Å². The van der Waals surface area contributed by atoms with Crippen LogP contribution in [0.25, 0.3) is 10.6 Å². The van der Waals surface area contributed by atoms with Gasteiger partial charge >= 0.3 is 5.97 Å². The minimum Gasteiger partial charge on any atom is -0.492 e. The van der Waals surface area contributed by atoms with Crippen molar-refractivity contribution < 1.29 is 14.3 Å². The monoisotopic (exact) mass is 502 g/mol. The quantitative estimate of drug-likeness (QED) is 0.208. The summed E-state index contributed by atoms with van der Waals surface area (Å²) in [4.78, 5) is 16.9. The highest BCUT2D eigenvalue weighted by Gasteiger charge is 2.14. The number of benzene rings is 2. The van der Waals surface area contributed by atoms with E-state index in [1.165, 1.54) is 26.7 Å². The van der Waals surface area contributed by atoms with Gasteiger partial charge in [-0.2, -0.15) is 0 Å². The van der Waals surface area contributed by atoms with Crippen molar-refractivity contribution in [2.75, 3.05) is 19.8 Å².